The number of nitrogens with one attached hydrogen (secondary N) is 2. The smallest absolute Gasteiger partial charge is 0.309 e. The lowest BCUT2D eigenvalue weighted by Gasteiger charge is -2.37. The SMILES string of the molecule is COc1ccc(CCNC(=O)C(=O)N[C@@H](C)[C@H](c2cccs2)N2CCOCC2)cc1. The highest BCUT2D eigenvalue weighted by atomic mass is 32.1. The normalized spacial score (nSPS) is 16.5. The van der Waals surface area contributed by atoms with Crippen LogP contribution in [-0.4, -0.2) is 62.7 Å². The minimum absolute atomic E-state index is 0.0185. The van der Waals surface area contributed by atoms with Crippen molar-refractivity contribution in [2.75, 3.05) is 40.0 Å². The lowest BCUT2D eigenvalue weighted by Crippen LogP contribution is -2.51. The lowest BCUT2D eigenvalue weighted by atomic mass is 10.1. The molecule has 2 N–H and O–H groups in total. The quantitative estimate of drug-likeness (QED) is 0.625. The molecule has 0 spiro atoms. The van der Waals surface area contributed by atoms with Crippen LogP contribution in [0.3, 0.4) is 0 Å². The Morgan fingerprint density at radius 1 is 1.17 bits per heavy atom. The summed E-state index contributed by atoms with van der Waals surface area (Å²) < 4.78 is 10.6. The minimum atomic E-state index is -0.609. The molecular formula is C22H29N3O4S. The maximum atomic E-state index is 12.5. The van der Waals surface area contributed by atoms with Crippen molar-refractivity contribution in [3.63, 3.8) is 0 Å². The molecule has 30 heavy (non-hydrogen) atoms. The van der Waals surface area contributed by atoms with Gasteiger partial charge in [-0.15, -0.1) is 11.3 Å². The molecule has 7 nitrogen and oxygen atoms in total. The average molecular weight is 432 g/mol. The Balaban J connectivity index is 1.51. The number of carbonyl (C=O) groups excluding carboxylic acids is 2. The number of carbonyl (C=O) groups is 2. The maximum absolute atomic E-state index is 12.5. The molecule has 1 aliphatic heterocycles. The van der Waals surface area contributed by atoms with Crippen molar-refractivity contribution >= 4 is 23.2 Å². The number of methoxy groups -OCH3 is 1. The predicted octanol–water partition coefficient (Wildman–Crippen LogP) is 1.99. The standard InChI is InChI=1S/C22H29N3O4S/c1-16(20(19-4-3-15-30-19)25-11-13-29-14-12-25)24-22(27)21(26)23-10-9-17-5-7-18(28-2)8-6-17/h3-8,15-16,20H,9-14H2,1-2H3,(H,23,26)(H,24,27)/t16-,20+/m0/s1. The van der Waals surface area contributed by atoms with E-state index in [9.17, 15) is 9.59 Å². The summed E-state index contributed by atoms with van der Waals surface area (Å²) in [6, 6.07) is 11.5. The monoisotopic (exact) mass is 431 g/mol. The van der Waals surface area contributed by atoms with Gasteiger partial charge in [0.1, 0.15) is 5.75 Å². The van der Waals surface area contributed by atoms with Crippen LogP contribution in [0.15, 0.2) is 41.8 Å². The molecule has 3 rings (SSSR count). The van der Waals surface area contributed by atoms with Crippen LogP contribution in [0.2, 0.25) is 0 Å². The first-order valence-electron chi connectivity index (χ1n) is 10.2. The zero-order chi connectivity index (χ0) is 21.3. The van der Waals surface area contributed by atoms with Gasteiger partial charge in [-0.1, -0.05) is 18.2 Å². The van der Waals surface area contributed by atoms with Crippen LogP contribution < -0.4 is 15.4 Å². The van der Waals surface area contributed by atoms with Gasteiger partial charge < -0.3 is 20.1 Å². The summed E-state index contributed by atoms with van der Waals surface area (Å²) in [5, 5.41) is 7.62. The fourth-order valence-corrected chi connectivity index (χ4v) is 4.57. The molecule has 1 fully saturated rings. The summed E-state index contributed by atoms with van der Waals surface area (Å²) >= 11 is 1.66. The van der Waals surface area contributed by atoms with E-state index >= 15 is 0 Å². The highest BCUT2D eigenvalue weighted by Crippen LogP contribution is 2.29. The molecule has 0 radical (unpaired) electrons. The molecule has 2 amide bonds. The van der Waals surface area contributed by atoms with E-state index in [1.54, 1.807) is 18.4 Å². The van der Waals surface area contributed by atoms with Crippen LogP contribution in [0.25, 0.3) is 0 Å². The number of amides is 2. The molecular weight excluding hydrogens is 402 g/mol. The van der Waals surface area contributed by atoms with Gasteiger partial charge in [-0.25, -0.2) is 0 Å². The molecule has 0 unspecified atom stereocenters. The maximum Gasteiger partial charge on any atom is 0.309 e. The van der Waals surface area contributed by atoms with Crippen molar-refractivity contribution in [2.45, 2.75) is 25.4 Å². The van der Waals surface area contributed by atoms with Gasteiger partial charge in [0.25, 0.3) is 0 Å². The molecule has 0 saturated carbocycles. The van der Waals surface area contributed by atoms with Gasteiger partial charge in [0.15, 0.2) is 0 Å². The van der Waals surface area contributed by atoms with Gasteiger partial charge in [0.2, 0.25) is 0 Å². The zero-order valence-electron chi connectivity index (χ0n) is 17.4. The van der Waals surface area contributed by atoms with E-state index in [1.807, 2.05) is 42.6 Å². The number of hydrogen-bond donors (Lipinski definition) is 2. The first-order chi connectivity index (χ1) is 14.6. The summed E-state index contributed by atoms with van der Waals surface area (Å²) in [7, 11) is 1.62. The second-order valence-corrected chi connectivity index (χ2v) is 8.20. The third kappa shape index (κ3) is 6.04. The molecule has 2 atom stereocenters. The molecule has 162 valence electrons. The van der Waals surface area contributed by atoms with Gasteiger partial charge in [-0.2, -0.15) is 0 Å². The third-order valence-electron chi connectivity index (χ3n) is 5.17. The van der Waals surface area contributed by atoms with Crippen LogP contribution in [0.1, 0.15) is 23.4 Å². The molecule has 2 heterocycles. The number of benzene rings is 1. The summed E-state index contributed by atoms with van der Waals surface area (Å²) in [5.74, 6) is -0.425. The van der Waals surface area contributed by atoms with Crippen molar-refractivity contribution < 1.29 is 19.1 Å². The molecule has 2 aromatic rings. The molecule has 1 aromatic carbocycles. The van der Waals surface area contributed by atoms with Crippen LogP contribution >= 0.6 is 11.3 Å². The van der Waals surface area contributed by atoms with Gasteiger partial charge in [-0.3, -0.25) is 14.5 Å². The first-order valence-corrected chi connectivity index (χ1v) is 11.0. The van der Waals surface area contributed by atoms with Gasteiger partial charge >= 0.3 is 11.8 Å². The van der Waals surface area contributed by atoms with E-state index < -0.39 is 11.8 Å². The van der Waals surface area contributed by atoms with Crippen LogP contribution in [0, 0.1) is 0 Å². The fraction of sp³-hybridized carbons (Fsp3) is 0.455. The number of ether oxygens (including phenoxy) is 2. The number of morpholine rings is 1. The van der Waals surface area contributed by atoms with Crippen molar-refractivity contribution in [1.82, 2.24) is 15.5 Å². The molecule has 0 aliphatic carbocycles. The Morgan fingerprint density at radius 2 is 1.90 bits per heavy atom. The second kappa shape index (κ2) is 11.1. The zero-order valence-corrected chi connectivity index (χ0v) is 18.2. The summed E-state index contributed by atoms with van der Waals surface area (Å²) in [6.07, 6.45) is 0.643. The predicted molar refractivity (Wildman–Crippen MR) is 117 cm³/mol. The Labute approximate surface area is 181 Å². The third-order valence-corrected chi connectivity index (χ3v) is 6.11. The van der Waals surface area contributed by atoms with Gasteiger partial charge in [0.05, 0.1) is 26.4 Å². The molecule has 1 aliphatic rings. The largest absolute Gasteiger partial charge is 0.497 e. The first kappa shape index (κ1) is 22.3. The van der Waals surface area contributed by atoms with Crippen LogP contribution in [0.5, 0.6) is 5.75 Å². The Kier molecular flexibility index (Phi) is 8.24. The topological polar surface area (TPSA) is 79.9 Å². The summed E-state index contributed by atoms with van der Waals surface area (Å²) in [6.45, 7) is 5.30. The van der Waals surface area contributed by atoms with Crippen molar-refractivity contribution in [3.8, 4) is 5.75 Å². The van der Waals surface area contributed by atoms with Crippen molar-refractivity contribution in [1.29, 1.82) is 0 Å². The highest BCUT2D eigenvalue weighted by molar-refractivity contribution is 7.10. The number of rotatable bonds is 8. The minimum Gasteiger partial charge on any atom is -0.497 e. The van der Waals surface area contributed by atoms with E-state index in [4.69, 9.17) is 9.47 Å². The number of hydrogen-bond acceptors (Lipinski definition) is 6. The lowest BCUT2D eigenvalue weighted by molar-refractivity contribution is -0.139. The van der Waals surface area contributed by atoms with E-state index in [0.717, 1.165) is 24.4 Å². The Hall–Kier alpha value is -2.42. The van der Waals surface area contributed by atoms with Crippen LogP contribution in [-0.2, 0) is 20.7 Å². The summed E-state index contributed by atoms with van der Waals surface area (Å²) in [4.78, 5) is 28.2. The van der Waals surface area contributed by atoms with Gasteiger partial charge in [0, 0.05) is 30.6 Å². The summed E-state index contributed by atoms with van der Waals surface area (Å²) in [5.41, 5.74) is 1.06. The van der Waals surface area contributed by atoms with Crippen LogP contribution in [0.4, 0.5) is 0 Å². The van der Waals surface area contributed by atoms with E-state index in [-0.39, 0.29) is 12.1 Å². The van der Waals surface area contributed by atoms with E-state index in [1.165, 1.54) is 4.88 Å². The number of nitrogens with zero attached hydrogens (tertiary/aromatic N) is 1. The van der Waals surface area contributed by atoms with E-state index in [2.05, 4.69) is 21.6 Å². The Morgan fingerprint density at radius 3 is 2.53 bits per heavy atom. The Bertz CT molecular complexity index is 804. The van der Waals surface area contributed by atoms with E-state index in [0.29, 0.717) is 26.2 Å². The fourth-order valence-electron chi connectivity index (χ4n) is 3.60. The molecule has 8 heteroatoms. The molecule has 1 aromatic heterocycles. The van der Waals surface area contributed by atoms with Crippen molar-refractivity contribution in [3.05, 3.63) is 52.2 Å². The number of thiophene rings is 1. The molecule has 1 saturated heterocycles. The second-order valence-electron chi connectivity index (χ2n) is 7.22. The highest BCUT2D eigenvalue weighted by Gasteiger charge is 2.30. The average Bonchev–Trinajstić information content (AvgIpc) is 3.29. The molecule has 0 bridgehead atoms. The van der Waals surface area contributed by atoms with Gasteiger partial charge in [-0.05, 0) is 42.5 Å². The van der Waals surface area contributed by atoms with Crippen molar-refractivity contribution in [2.24, 2.45) is 0 Å².